The largest absolute Gasteiger partial charge is 0.354 e. The highest BCUT2D eigenvalue weighted by Crippen LogP contribution is 2.29. The van der Waals surface area contributed by atoms with Crippen LogP contribution in [0.2, 0.25) is 10.4 Å². The second-order valence-electron chi connectivity index (χ2n) is 4.38. The average molecular weight is 261 g/mol. The SMILES string of the molecule is CC1CCN(c2nc(Cl)nnc2Cl)CC1C. The van der Waals surface area contributed by atoms with Crippen molar-refractivity contribution >= 4 is 29.0 Å². The van der Waals surface area contributed by atoms with E-state index in [4.69, 9.17) is 23.2 Å². The summed E-state index contributed by atoms with van der Waals surface area (Å²) >= 11 is 11.7. The van der Waals surface area contributed by atoms with Gasteiger partial charge in [0.1, 0.15) is 0 Å². The zero-order valence-electron chi connectivity index (χ0n) is 9.32. The predicted molar refractivity (Wildman–Crippen MR) is 65.0 cm³/mol. The van der Waals surface area contributed by atoms with Crippen LogP contribution < -0.4 is 4.90 Å². The number of halogens is 2. The van der Waals surface area contributed by atoms with E-state index in [9.17, 15) is 0 Å². The van der Waals surface area contributed by atoms with Gasteiger partial charge in [0, 0.05) is 13.1 Å². The van der Waals surface area contributed by atoms with E-state index in [0.29, 0.717) is 16.9 Å². The van der Waals surface area contributed by atoms with Crippen LogP contribution in [0.15, 0.2) is 0 Å². The molecule has 0 radical (unpaired) electrons. The molecule has 2 unspecified atom stereocenters. The molecule has 1 aromatic rings. The lowest BCUT2D eigenvalue weighted by Gasteiger charge is -2.35. The molecule has 88 valence electrons. The Hall–Kier alpha value is -0.610. The Morgan fingerprint density at radius 2 is 1.94 bits per heavy atom. The molecule has 4 nitrogen and oxygen atoms in total. The lowest BCUT2D eigenvalue weighted by atomic mass is 9.89. The van der Waals surface area contributed by atoms with Crippen LogP contribution in [0.3, 0.4) is 0 Å². The summed E-state index contributed by atoms with van der Waals surface area (Å²) in [6.07, 6.45) is 1.14. The number of anilines is 1. The Morgan fingerprint density at radius 3 is 2.62 bits per heavy atom. The fourth-order valence-electron chi connectivity index (χ4n) is 1.94. The highest BCUT2D eigenvalue weighted by atomic mass is 35.5. The molecule has 2 heterocycles. The molecule has 0 spiro atoms. The van der Waals surface area contributed by atoms with Crippen LogP contribution in [-0.4, -0.2) is 28.3 Å². The molecule has 1 aromatic heterocycles. The summed E-state index contributed by atoms with van der Waals surface area (Å²) in [6, 6.07) is 0. The number of hydrogen-bond acceptors (Lipinski definition) is 4. The first kappa shape index (κ1) is 11.9. The Labute approximate surface area is 105 Å². The van der Waals surface area contributed by atoms with Gasteiger partial charge in [-0.15, -0.1) is 10.2 Å². The standard InChI is InChI=1S/C10H14Cl2N4/c1-6-3-4-16(5-7(6)2)9-8(11)14-15-10(12)13-9/h6-7H,3-5H2,1-2H3. The maximum absolute atomic E-state index is 5.98. The van der Waals surface area contributed by atoms with Gasteiger partial charge in [0.2, 0.25) is 5.28 Å². The van der Waals surface area contributed by atoms with Crippen LogP contribution in [0, 0.1) is 11.8 Å². The summed E-state index contributed by atoms with van der Waals surface area (Å²) < 4.78 is 0. The molecular weight excluding hydrogens is 247 g/mol. The zero-order valence-corrected chi connectivity index (χ0v) is 10.8. The molecule has 1 fully saturated rings. The van der Waals surface area contributed by atoms with E-state index in [1.54, 1.807) is 0 Å². The summed E-state index contributed by atoms with van der Waals surface area (Å²) in [6.45, 7) is 6.39. The minimum absolute atomic E-state index is 0.144. The second-order valence-corrected chi connectivity index (χ2v) is 5.08. The summed E-state index contributed by atoms with van der Waals surface area (Å²) in [7, 11) is 0. The molecule has 0 amide bonds. The fourth-order valence-corrected chi connectivity index (χ4v) is 2.26. The van der Waals surface area contributed by atoms with Gasteiger partial charge in [-0.05, 0) is 29.9 Å². The van der Waals surface area contributed by atoms with E-state index < -0.39 is 0 Å². The van der Waals surface area contributed by atoms with Crippen LogP contribution >= 0.6 is 23.2 Å². The molecule has 0 N–H and O–H groups in total. The van der Waals surface area contributed by atoms with E-state index in [2.05, 4.69) is 33.9 Å². The zero-order chi connectivity index (χ0) is 11.7. The van der Waals surface area contributed by atoms with Crippen LogP contribution in [0.4, 0.5) is 5.82 Å². The topological polar surface area (TPSA) is 41.9 Å². The molecule has 2 atom stereocenters. The van der Waals surface area contributed by atoms with Crippen molar-refractivity contribution in [3.63, 3.8) is 0 Å². The van der Waals surface area contributed by atoms with E-state index in [0.717, 1.165) is 25.4 Å². The van der Waals surface area contributed by atoms with E-state index in [1.165, 1.54) is 0 Å². The maximum atomic E-state index is 5.98. The highest BCUT2D eigenvalue weighted by molar-refractivity contribution is 6.32. The van der Waals surface area contributed by atoms with Gasteiger partial charge in [-0.25, -0.2) is 0 Å². The molecule has 0 aromatic carbocycles. The van der Waals surface area contributed by atoms with Crippen LogP contribution in [0.1, 0.15) is 20.3 Å². The number of nitrogens with zero attached hydrogens (tertiary/aromatic N) is 4. The first-order valence-corrected chi connectivity index (χ1v) is 6.14. The molecule has 1 aliphatic heterocycles. The number of aromatic nitrogens is 3. The number of hydrogen-bond donors (Lipinski definition) is 0. The Morgan fingerprint density at radius 1 is 1.19 bits per heavy atom. The Bertz CT molecular complexity index is 385. The van der Waals surface area contributed by atoms with Crippen molar-refractivity contribution in [1.29, 1.82) is 0 Å². The van der Waals surface area contributed by atoms with Crippen molar-refractivity contribution in [1.82, 2.24) is 15.2 Å². The van der Waals surface area contributed by atoms with Gasteiger partial charge in [0.25, 0.3) is 0 Å². The van der Waals surface area contributed by atoms with Gasteiger partial charge < -0.3 is 4.90 Å². The molecule has 1 saturated heterocycles. The molecule has 0 saturated carbocycles. The molecule has 0 aliphatic carbocycles. The van der Waals surface area contributed by atoms with Crippen molar-refractivity contribution in [3.05, 3.63) is 10.4 Å². The van der Waals surface area contributed by atoms with Gasteiger partial charge >= 0.3 is 0 Å². The molecule has 1 aliphatic rings. The molecular formula is C10H14Cl2N4. The molecule has 2 rings (SSSR count). The Kier molecular flexibility index (Phi) is 3.50. The summed E-state index contributed by atoms with van der Waals surface area (Å²) in [5.41, 5.74) is 0. The predicted octanol–water partition coefficient (Wildman–Crippen LogP) is 2.66. The van der Waals surface area contributed by atoms with E-state index in [-0.39, 0.29) is 5.28 Å². The normalized spacial score (nSPS) is 25.9. The van der Waals surface area contributed by atoms with Crippen molar-refractivity contribution < 1.29 is 0 Å². The first-order valence-electron chi connectivity index (χ1n) is 5.38. The maximum Gasteiger partial charge on any atom is 0.245 e. The van der Waals surface area contributed by atoms with Gasteiger partial charge in [0.15, 0.2) is 11.0 Å². The smallest absolute Gasteiger partial charge is 0.245 e. The van der Waals surface area contributed by atoms with Gasteiger partial charge in [-0.1, -0.05) is 25.4 Å². The Balaban J connectivity index is 2.21. The van der Waals surface area contributed by atoms with Crippen LogP contribution in [0.5, 0.6) is 0 Å². The van der Waals surface area contributed by atoms with Gasteiger partial charge in [-0.2, -0.15) is 4.98 Å². The lowest BCUT2D eigenvalue weighted by molar-refractivity contribution is 0.322. The lowest BCUT2D eigenvalue weighted by Crippen LogP contribution is -2.39. The van der Waals surface area contributed by atoms with Crippen molar-refractivity contribution in [2.75, 3.05) is 18.0 Å². The molecule has 0 bridgehead atoms. The minimum atomic E-state index is 0.144. The summed E-state index contributed by atoms with van der Waals surface area (Å²) in [5.74, 6) is 2.01. The van der Waals surface area contributed by atoms with Crippen molar-refractivity contribution in [2.24, 2.45) is 11.8 Å². The third-order valence-corrected chi connectivity index (χ3v) is 3.64. The fraction of sp³-hybridized carbons (Fsp3) is 0.700. The minimum Gasteiger partial charge on any atom is -0.354 e. The van der Waals surface area contributed by atoms with Crippen molar-refractivity contribution in [2.45, 2.75) is 20.3 Å². The van der Waals surface area contributed by atoms with Crippen LogP contribution in [0.25, 0.3) is 0 Å². The number of rotatable bonds is 1. The van der Waals surface area contributed by atoms with Crippen LogP contribution in [-0.2, 0) is 0 Å². The molecule has 16 heavy (non-hydrogen) atoms. The first-order chi connectivity index (χ1) is 7.58. The highest BCUT2D eigenvalue weighted by Gasteiger charge is 2.25. The second kappa shape index (κ2) is 4.72. The summed E-state index contributed by atoms with van der Waals surface area (Å²) in [5, 5.41) is 7.86. The quantitative estimate of drug-likeness (QED) is 0.779. The van der Waals surface area contributed by atoms with E-state index in [1.807, 2.05) is 0 Å². The third kappa shape index (κ3) is 2.38. The molecule has 6 heteroatoms. The van der Waals surface area contributed by atoms with Gasteiger partial charge in [0.05, 0.1) is 0 Å². The average Bonchev–Trinajstić information content (AvgIpc) is 2.26. The third-order valence-electron chi connectivity index (χ3n) is 3.24. The summed E-state index contributed by atoms with van der Waals surface area (Å²) in [4.78, 5) is 6.27. The number of piperidine rings is 1. The van der Waals surface area contributed by atoms with Crippen molar-refractivity contribution in [3.8, 4) is 0 Å². The van der Waals surface area contributed by atoms with Gasteiger partial charge in [-0.3, -0.25) is 0 Å². The van der Waals surface area contributed by atoms with E-state index >= 15 is 0 Å². The monoisotopic (exact) mass is 260 g/mol.